The van der Waals surface area contributed by atoms with E-state index in [1.165, 1.54) is 0 Å². The Morgan fingerprint density at radius 3 is 2.85 bits per heavy atom. The van der Waals surface area contributed by atoms with E-state index in [-0.39, 0.29) is 24.4 Å². The summed E-state index contributed by atoms with van der Waals surface area (Å²) in [6.45, 7) is 2.33. The molecule has 0 radical (unpaired) electrons. The van der Waals surface area contributed by atoms with E-state index < -0.39 is 6.04 Å². The van der Waals surface area contributed by atoms with Gasteiger partial charge in [0.25, 0.3) is 0 Å². The van der Waals surface area contributed by atoms with Crippen LogP contribution >= 0.6 is 12.4 Å². The lowest BCUT2D eigenvalue weighted by molar-refractivity contribution is -0.132. The molecule has 1 saturated heterocycles. The Bertz CT molecular complexity index is 224. The number of amides is 1. The monoisotopic (exact) mass is 203 g/mol. The van der Waals surface area contributed by atoms with Crippen molar-refractivity contribution < 1.29 is 4.79 Å². The summed E-state index contributed by atoms with van der Waals surface area (Å²) in [5.74, 6) is -0.112. The van der Waals surface area contributed by atoms with Crippen LogP contribution < -0.4 is 5.73 Å². The highest BCUT2D eigenvalue weighted by Crippen LogP contribution is 2.16. The molecule has 0 bridgehead atoms. The number of halogens is 1. The molecule has 13 heavy (non-hydrogen) atoms. The van der Waals surface area contributed by atoms with Gasteiger partial charge >= 0.3 is 0 Å². The van der Waals surface area contributed by atoms with Gasteiger partial charge < -0.3 is 10.6 Å². The smallest absolute Gasteiger partial charge is 0.240 e. The van der Waals surface area contributed by atoms with Gasteiger partial charge in [-0.15, -0.1) is 12.4 Å². The van der Waals surface area contributed by atoms with Crippen molar-refractivity contribution in [2.24, 2.45) is 5.73 Å². The predicted octanol–water partition coefficient (Wildman–Crippen LogP) is 0.270. The molecular formula is C8H14ClN3O. The molecule has 1 amide bonds. The Hall–Kier alpha value is -0.790. The van der Waals surface area contributed by atoms with Crippen molar-refractivity contribution in [1.29, 1.82) is 5.26 Å². The highest BCUT2D eigenvalue weighted by Gasteiger charge is 2.29. The van der Waals surface area contributed by atoms with Crippen molar-refractivity contribution >= 4 is 18.3 Å². The average molecular weight is 204 g/mol. The molecular weight excluding hydrogens is 190 g/mol. The summed E-state index contributed by atoms with van der Waals surface area (Å²) in [6, 6.07) is 1.37. The van der Waals surface area contributed by atoms with E-state index in [4.69, 9.17) is 11.0 Å². The Morgan fingerprint density at radius 2 is 2.38 bits per heavy atom. The summed E-state index contributed by atoms with van der Waals surface area (Å²) in [5, 5.41) is 8.68. The van der Waals surface area contributed by atoms with Crippen LogP contribution in [0.25, 0.3) is 0 Å². The van der Waals surface area contributed by atoms with E-state index in [1.54, 1.807) is 11.8 Å². The number of nitriles is 1. The molecule has 1 aliphatic heterocycles. The lowest BCUT2D eigenvalue weighted by Gasteiger charge is -2.21. The van der Waals surface area contributed by atoms with Crippen LogP contribution in [0.15, 0.2) is 0 Å². The fraction of sp³-hybridized carbons (Fsp3) is 0.750. The van der Waals surface area contributed by atoms with Crippen molar-refractivity contribution in [3.8, 4) is 6.07 Å². The van der Waals surface area contributed by atoms with Crippen LogP contribution in [-0.4, -0.2) is 29.4 Å². The van der Waals surface area contributed by atoms with Gasteiger partial charge in [0.05, 0.1) is 12.1 Å². The number of carbonyl (C=O) groups is 1. The zero-order valence-corrected chi connectivity index (χ0v) is 8.38. The van der Waals surface area contributed by atoms with Gasteiger partial charge in [0.1, 0.15) is 6.04 Å². The summed E-state index contributed by atoms with van der Waals surface area (Å²) in [4.78, 5) is 12.9. The molecule has 1 heterocycles. The molecule has 0 aromatic heterocycles. The van der Waals surface area contributed by atoms with Crippen molar-refractivity contribution in [3.63, 3.8) is 0 Å². The van der Waals surface area contributed by atoms with Gasteiger partial charge in [-0.1, -0.05) is 0 Å². The zero-order valence-electron chi connectivity index (χ0n) is 7.56. The largest absolute Gasteiger partial charge is 0.325 e. The lowest BCUT2D eigenvalue weighted by Crippen LogP contribution is -2.44. The molecule has 2 atom stereocenters. The molecule has 1 unspecified atom stereocenters. The summed E-state index contributed by atoms with van der Waals surface area (Å²) in [6.07, 6.45) is 1.70. The quantitative estimate of drug-likeness (QED) is 0.665. The highest BCUT2D eigenvalue weighted by molar-refractivity contribution is 5.85. The van der Waals surface area contributed by atoms with Gasteiger partial charge in [-0.2, -0.15) is 5.26 Å². The van der Waals surface area contributed by atoms with Crippen LogP contribution in [0.4, 0.5) is 0 Å². The maximum absolute atomic E-state index is 11.4. The van der Waals surface area contributed by atoms with Crippen molar-refractivity contribution in [2.75, 3.05) is 6.54 Å². The van der Waals surface area contributed by atoms with Crippen LogP contribution in [0.3, 0.4) is 0 Å². The van der Waals surface area contributed by atoms with E-state index in [1.807, 2.05) is 0 Å². The molecule has 2 N–H and O–H groups in total. The standard InChI is InChI=1S/C8H13N3O.ClH/c1-6(10)8(12)11-4-2-3-7(11)5-9;/h6-7H,2-4,10H2,1H3;1H/t6-,7?;/m0./s1. The second-order valence-corrected chi connectivity index (χ2v) is 3.11. The van der Waals surface area contributed by atoms with Crippen molar-refractivity contribution in [1.82, 2.24) is 4.90 Å². The van der Waals surface area contributed by atoms with E-state index >= 15 is 0 Å². The minimum Gasteiger partial charge on any atom is -0.325 e. The second kappa shape index (κ2) is 5.05. The first-order valence-electron chi connectivity index (χ1n) is 4.12. The van der Waals surface area contributed by atoms with Gasteiger partial charge in [-0.3, -0.25) is 4.79 Å². The van der Waals surface area contributed by atoms with Gasteiger partial charge in [0, 0.05) is 6.54 Å². The fourth-order valence-corrected chi connectivity index (χ4v) is 1.43. The molecule has 1 rings (SSSR count). The van der Waals surface area contributed by atoms with Gasteiger partial charge in [-0.25, -0.2) is 0 Å². The molecule has 0 aromatic carbocycles. The Kier molecular flexibility index (Phi) is 4.74. The van der Waals surface area contributed by atoms with Crippen LogP contribution in [0.2, 0.25) is 0 Å². The zero-order chi connectivity index (χ0) is 9.14. The van der Waals surface area contributed by atoms with Crippen LogP contribution in [0.1, 0.15) is 19.8 Å². The minimum absolute atomic E-state index is 0. The molecule has 74 valence electrons. The summed E-state index contributed by atoms with van der Waals surface area (Å²) in [7, 11) is 0. The molecule has 1 fully saturated rings. The van der Waals surface area contributed by atoms with Crippen molar-refractivity contribution in [2.45, 2.75) is 31.8 Å². The molecule has 0 aliphatic carbocycles. The molecule has 4 nitrogen and oxygen atoms in total. The molecule has 0 spiro atoms. The fourth-order valence-electron chi connectivity index (χ4n) is 1.43. The number of likely N-dealkylation sites (tertiary alicyclic amines) is 1. The van der Waals surface area contributed by atoms with E-state index in [2.05, 4.69) is 6.07 Å². The van der Waals surface area contributed by atoms with E-state index in [0.717, 1.165) is 12.8 Å². The molecule has 0 aromatic rings. The maximum Gasteiger partial charge on any atom is 0.240 e. The number of rotatable bonds is 1. The van der Waals surface area contributed by atoms with Crippen LogP contribution in [0, 0.1) is 11.3 Å². The van der Waals surface area contributed by atoms with E-state index in [0.29, 0.717) is 6.54 Å². The van der Waals surface area contributed by atoms with Crippen LogP contribution in [0.5, 0.6) is 0 Å². The van der Waals surface area contributed by atoms with E-state index in [9.17, 15) is 4.79 Å². The van der Waals surface area contributed by atoms with Gasteiger partial charge in [-0.05, 0) is 19.8 Å². The van der Waals surface area contributed by atoms with Crippen LogP contribution in [-0.2, 0) is 4.79 Å². The highest BCUT2D eigenvalue weighted by atomic mass is 35.5. The van der Waals surface area contributed by atoms with Gasteiger partial charge in [0.15, 0.2) is 0 Å². The lowest BCUT2D eigenvalue weighted by atomic mass is 10.2. The Balaban J connectivity index is 0.00000144. The number of nitrogens with two attached hydrogens (primary N) is 1. The SMILES string of the molecule is C[C@H](N)C(=O)N1CCCC1C#N.Cl. The first kappa shape index (κ1) is 12.2. The minimum atomic E-state index is -0.487. The Labute approximate surface area is 84.1 Å². The number of nitrogens with zero attached hydrogens (tertiary/aromatic N) is 2. The predicted molar refractivity (Wildman–Crippen MR) is 51.2 cm³/mol. The summed E-state index contributed by atoms with van der Waals surface area (Å²) < 4.78 is 0. The normalized spacial score (nSPS) is 23.2. The topological polar surface area (TPSA) is 70.1 Å². The molecule has 0 saturated carbocycles. The third kappa shape index (κ3) is 2.58. The maximum atomic E-state index is 11.4. The summed E-state index contributed by atoms with van der Waals surface area (Å²) >= 11 is 0. The molecule has 1 aliphatic rings. The van der Waals surface area contributed by atoms with Crippen molar-refractivity contribution in [3.05, 3.63) is 0 Å². The average Bonchev–Trinajstić information content (AvgIpc) is 2.49. The first-order valence-corrected chi connectivity index (χ1v) is 4.12. The third-order valence-electron chi connectivity index (χ3n) is 2.07. The first-order chi connectivity index (χ1) is 5.66. The number of hydrogen-bond donors (Lipinski definition) is 1. The third-order valence-corrected chi connectivity index (χ3v) is 2.07. The van der Waals surface area contributed by atoms with Gasteiger partial charge in [0.2, 0.25) is 5.91 Å². The molecule has 5 heteroatoms. The number of carbonyl (C=O) groups excluding carboxylic acids is 1. The Morgan fingerprint density at radius 1 is 1.77 bits per heavy atom. The number of hydrogen-bond acceptors (Lipinski definition) is 3. The summed E-state index contributed by atoms with van der Waals surface area (Å²) in [5.41, 5.74) is 5.43. The second-order valence-electron chi connectivity index (χ2n) is 3.11.